The normalized spacial score (nSPS) is 18.1. The zero-order chi connectivity index (χ0) is 19.3. The van der Waals surface area contributed by atoms with Crippen LogP contribution in [-0.2, 0) is 4.79 Å². The van der Waals surface area contributed by atoms with Gasteiger partial charge in [-0.25, -0.2) is 4.39 Å². The quantitative estimate of drug-likeness (QED) is 0.877. The number of hydrogen-bond acceptors (Lipinski definition) is 2. The molecule has 1 saturated heterocycles. The molecule has 0 radical (unpaired) electrons. The summed E-state index contributed by atoms with van der Waals surface area (Å²) in [5.41, 5.74) is 3.66. The summed E-state index contributed by atoms with van der Waals surface area (Å²) in [5, 5.41) is 0. The van der Waals surface area contributed by atoms with E-state index in [1.54, 1.807) is 0 Å². The van der Waals surface area contributed by atoms with Crippen molar-refractivity contribution in [2.75, 3.05) is 50.7 Å². The molecule has 0 atom stereocenters. The van der Waals surface area contributed by atoms with E-state index < -0.39 is 0 Å². The molecule has 2 heterocycles. The van der Waals surface area contributed by atoms with Gasteiger partial charge in [-0.2, -0.15) is 0 Å². The van der Waals surface area contributed by atoms with Gasteiger partial charge in [0, 0.05) is 18.8 Å². The van der Waals surface area contributed by atoms with E-state index in [1.165, 1.54) is 28.2 Å². The zero-order valence-corrected chi connectivity index (χ0v) is 16.1. The number of anilines is 1. The maximum atomic E-state index is 13.1. The predicted octanol–water partition coefficient (Wildman–Crippen LogP) is 1.85. The number of benzene rings is 2. The van der Waals surface area contributed by atoms with Crippen LogP contribution in [0.25, 0.3) is 5.57 Å². The number of nitrogens with one attached hydrogen (secondary N) is 1. The van der Waals surface area contributed by atoms with E-state index in [-0.39, 0.29) is 11.7 Å². The van der Waals surface area contributed by atoms with Crippen LogP contribution in [0.5, 0.6) is 0 Å². The Balaban J connectivity index is 1.26. The van der Waals surface area contributed by atoms with Crippen LogP contribution < -0.4 is 9.80 Å². The van der Waals surface area contributed by atoms with Crippen LogP contribution in [-0.4, -0.2) is 56.6 Å². The van der Waals surface area contributed by atoms with E-state index in [0.29, 0.717) is 13.1 Å². The molecule has 0 bridgehead atoms. The molecule has 146 valence electrons. The minimum Gasteiger partial charge on any atom is -0.360 e. The van der Waals surface area contributed by atoms with Gasteiger partial charge in [0.1, 0.15) is 5.82 Å². The number of hydrogen-bond donors (Lipinski definition) is 1. The number of quaternary nitrogens is 1. The third kappa shape index (κ3) is 4.42. The molecule has 2 aliphatic rings. The molecule has 0 unspecified atom stereocenters. The Morgan fingerprint density at radius 1 is 0.964 bits per heavy atom. The summed E-state index contributed by atoms with van der Waals surface area (Å²) in [4.78, 5) is 18.3. The summed E-state index contributed by atoms with van der Waals surface area (Å²) in [6.45, 7) is 5.72. The van der Waals surface area contributed by atoms with Crippen molar-refractivity contribution in [2.24, 2.45) is 0 Å². The molecule has 1 amide bonds. The molecular formula is C23H27FN3O+. The second kappa shape index (κ2) is 8.57. The summed E-state index contributed by atoms with van der Waals surface area (Å²) < 4.78 is 13.1. The lowest BCUT2D eigenvalue weighted by Crippen LogP contribution is -3.15. The van der Waals surface area contributed by atoms with Gasteiger partial charge in [-0.15, -0.1) is 0 Å². The Morgan fingerprint density at radius 2 is 1.68 bits per heavy atom. The second-order valence-corrected chi connectivity index (χ2v) is 7.58. The van der Waals surface area contributed by atoms with Crippen molar-refractivity contribution in [1.29, 1.82) is 0 Å². The van der Waals surface area contributed by atoms with Crippen molar-refractivity contribution < 1.29 is 14.1 Å². The molecule has 5 heteroatoms. The van der Waals surface area contributed by atoms with Crippen molar-refractivity contribution >= 4 is 17.2 Å². The Kier molecular flexibility index (Phi) is 5.72. The lowest BCUT2D eigenvalue weighted by atomic mass is 9.99. The van der Waals surface area contributed by atoms with Gasteiger partial charge in [-0.1, -0.05) is 36.4 Å². The fourth-order valence-corrected chi connectivity index (χ4v) is 4.05. The number of nitrogens with zero attached hydrogens (tertiary/aromatic N) is 2. The van der Waals surface area contributed by atoms with E-state index in [0.717, 1.165) is 44.8 Å². The van der Waals surface area contributed by atoms with Crippen LogP contribution in [0.3, 0.4) is 0 Å². The summed E-state index contributed by atoms with van der Waals surface area (Å²) in [6.07, 6.45) is 3.11. The first-order chi connectivity index (χ1) is 13.7. The van der Waals surface area contributed by atoms with Gasteiger partial charge in [0.2, 0.25) is 0 Å². The minimum absolute atomic E-state index is 0.204. The molecular weight excluding hydrogens is 353 g/mol. The highest BCUT2D eigenvalue weighted by Crippen LogP contribution is 2.21. The first-order valence-corrected chi connectivity index (χ1v) is 10.1. The van der Waals surface area contributed by atoms with Gasteiger partial charge in [0.25, 0.3) is 5.91 Å². The molecule has 0 spiro atoms. The highest BCUT2D eigenvalue weighted by molar-refractivity contribution is 5.79. The second-order valence-electron chi connectivity index (χ2n) is 7.58. The maximum Gasteiger partial charge on any atom is 0.278 e. The Bertz CT molecular complexity index is 827. The number of carbonyl (C=O) groups is 1. The highest BCUT2D eigenvalue weighted by Gasteiger charge is 2.26. The van der Waals surface area contributed by atoms with Gasteiger partial charge in [-0.05, 0) is 41.8 Å². The molecule has 0 aromatic heterocycles. The van der Waals surface area contributed by atoms with Crippen LogP contribution in [0.1, 0.15) is 12.0 Å². The molecule has 2 aromatic rings. The summed E-state index contributed by atoms with van der Waals surface area (Å²) in [5.74, 6) is 0.0400. The SMILES string of the molecule is O=C(C[NH+]1CCN(c2ccc(F)cc2)CC1)N1CC=C(c2ccccc2)CC1. The fraction of sp³-hybridized carbons (Fsp3) is 0.348. The largest absolute Gasteiger partial charge is 0.360 e. The third-order valence-corrected chi connectivity index (χ3v) is 5.77. The number of amides is 1. The van der Waals surface area contributed by atoms with E-state index in [1.807, 2.05) is 23.1 Å². The maximum absolute atomic E-state index is 13.1. The van der Waals surface area contributed by atoms with Crippen LogP contribution in [0.4, 0.5) is 10.1 Å². The van der Waals surface area contributed by atoms with Crippen LogP contribution in [0, 0.1) is 5.82 Å². The van der Waals surface area contributed by atoms with Crippen molar-refractivity contribution in [3.05, 3.63) is 72.1 Å². The molecule has 1 fully saturated rings. The number of rotatable bonds is 4. The molecule has 2 aliphatic heterocycles. The number of carbonyl (C=O) groups excluding carboxylic acids is 1. The molecule has 28 heavy (non-hydrogen) atoms. The summed E-state index contributed by atoms with van der Waals surface area (Å²) in [6, 6.07) is 17.1. The van der Waals surface area contributed by atoms with Gasteiger partial charge < -0.3 is 14.7 Å². The minimum atomic E-state index is -0.204. The van der Waals surface area contributed by atoms with Gasteiger partial charge in [-0.3, -0.25) is 4.79 Å². The lowest BCUT2D eigenvalue weighted by Gasteiger charge is -2.34. The highest BCUT2D eigenvalue weighted by atomic mass is 19.1. The smallest absolute Gasteiger partial charge is 0.278 e. The van der Waals surface area contributed by atoms with Crippen molar-refractivity contribution in [2.45, 2.75) is 6.42 Å². The molecule has 4 nitrogen and oxygen atoms in total. The Hall–Kier alpha value is -2.66. The van der Waals surface area contributed by atoms with E-state index in [2.05, 4.69) is 35.2 Å². The van der Waals surface area contributed by atoms with Gasteiger partial charge >= 0.3 is 0 Å². The number of piperazine rings is 1. The average molecular weight is 380 g/mol. The van der Waals surface area contributed by atoms with E-state index in [9.17, 15) is 9.18 Å². The summed E-state index contributed by atoms with van der Waals surface area (Å²) in [7, 11) is 0. The number of halogens is 1. The van der Waals surface area contributed by atoms with E-state index in [4.69, 9.17) is 0 Å². The van der Waals surface area contributed by atoms with Crippen molar-refractivity contribution in [3.63, 3.8) is 0 Å². The van der Waals surface area contributed by atoms with Crippen LogP contribution >= 0.6 is 0 Å². The first-order valence-electron chi connectivity index (χ1n) is 10.1. The van der Waals surface area contributed by atoms with Crippen molar-refractivity contribution in [3.8, 4) is 0 Å². The van der Waals surface area contributed by atoms with Gasteiger partial charge in [0.05, 0.1) is 26.2 Å². The standard InChI is InChI=1S/C23H26FN3O/c24-21-6-8-22(9-7-21)26-16-14-25(15-17-26)18-23(28)27-12-10-20(11-13-27)19-4-2-1-3-5-19/h1-10H,11-18H2/p+1. The van der Waals surface area contributed by atoms with E-state index >= 15 is 0 Å². The third-order valence-electron chi connectivity index (χ3n) is 5.77. The van der Waals surface area contributed by atoms with Crippen LogP contribution in [0.2, 0.25) is 0 Å². The Morgan fingerprint density at radius 3 is 2.32 bits per heavy atom. The fourth-order valence-electron chi connectivity index (χ4n) is 4.05. The topological polar surface area (TPSA) is 28.0 Å². The van der Waals surface area contributed by atoms with Gasteiger partial charge in [0.15, 0.2) is 6.54 Å². The lowest BCUT2D eigenvalue weighted by molar-refractivity contribution is -0.892. The monoisotopic (exact) mass is 380 g/mol. The molecule has 1 N–H and O–H groups in total. The van der Waals surface area contributed by atoms with Crippen molar-refractivity contribution in [1.82, 2.24) is 4.90 Å². The average Bonchev–Trinajstić information content (AvgIpc) is 2.76. The predicted molar refractivity (Wildman–Crippen MR) is 110 cm³/mol. The molecule has 0 aliphatic carbocycles. The zero-order valence-electron chi connectivity index (χ0n) is 16.1. The molecule has 2 aromatic carbocycles. The summed E-state index contributed by atoms with van der Waals surface area (Å²) >= 11 is 0. The molecule has 4 rings (SSSR count). The van der Waals surface area contributed by atoms with Crippen LogP contribution in [0.15, 0.2) is 60.7 Å². The Labute approximate surface area is 165 Å². The molecule has 0 saturated carbocycles. The first kappa shape index (κ1) is 18.7.